The highest BCUT2D eigenvalue weighted by Gasteiger charge is 2.20. The number of hydrogen-bond acceptors (Lipinski definition) is 2. The first-order chi connectivity index (χ1) is 7.92. The van der Waals surface area contributed by atoms with Crippen LogP contribution in [0, 0.1) is 11.8 Å². The second-order valence-electron chi connectivity index (χ2n) is 5.62. The van der Waals surface area contributed by atoms with Crippen molar-refractivity contribution in [3.05, 3.63) is 0 Å². The number of nitrogens with zero attached hydrogens (tertiary/aromatic N) is 1. The van der Waals surface area contributed by atoms with Crippen molar-refractivity contribution in [2.24, 2.45) is 17.6 Å². The van der Waals surface area contributed by atoms with Gasteiger partial charge < -0.3 is 10.6 Å². The van der Waals surface area contributed by atoms with Crippen molar-refractivity contribution < 1.29 is 4.79 Å². The predicted molar refractivity (Wildman–Crippen MR) is 73.8 cm³/mol. The lowest BCUT2D eigenvalue weighted by molar-refractivity contribution is -0.134. The van der Waals surface area contributed by atoms with Crippen LogP contribution in [0.3, 0.4) is 0 Å². The summed E-state index contributed by atoms with van der Waals surface area (Å²) < 4.78 is 0. The van der Waals surface area contributed by atoms with Crippen molar-refractivity contribution in [3.8, 4) is 0 Å². The Morgan fingerprint density at radius 3 is 2.18 bits per heavy atom. The molecule has 0 aromatic carbocycles. The zero-order valence-electron chi connectivity index (χ0n) is 12.2. The van der Waals surface area contributed by atoms with Crippen molar-refractivity contribution in [1.29, 1.82) is 0 Å². The maximum absolute atomic E-state index is 12.2. The van der Waals surface area contributed by atoms with Gasteiger partial charge >= 0.3 is 0 Å². The van der Waals surface area contributed by atoms with Gasteiger partial charge in [-0.3, -0.25) is 4.79 Å². The second kappa shape index (κ2) is 8.51. The summed E-state index contributed by atoms with van der Waals surface area (Å²) in [5, 5.41) is 0. The smallest absolute Gasteiger partial charge is 0.223 e. The summed E-state index contributed by atoms with van der Waals surface area (Å²) in [7, 11) is 0. The summed E-state index contributed by atoms with van der Waals surface area (Å²) in [5.41, 5.74) is 5.75. The number of carbonyl (C=O) groups is 1. The van der Waals surface area contributed by atoms with Crippen molar-refractivity contribution >= 4 is 5.91 Å². The third-order valence-corrected chi connectivity index (χ3v) is 3.01. The van der Waals surface area contributed by atoms with Gasteiger partial charge in [0.25, 0.3) is 0 Å². The zero-order valence-corrected chi connectivity index (χ0v) is 12.2. The van der Waals surface area contributed by atoms with E-state index < -0.39 is 0 Å². The quantitative estimate of drug-likeness (QED) is 0.711. The first-order valence-electron chi connectivity index (χ1n) is 6.91. The van der Waals surface area contributed by atoms with Gasteiger partial charge in [-0.1, -0.05) is 20.8 Å². The molecule has 3 heteroatoms. The maximum Gasteiger partial charge on any atom is 0.223 e. The fourth-order valence-corrected chi connectivity index (χ4v) is 2.21. The lowest BCUT2D eigenvalue weighted by Crippen LogP contribution is -2.39. The van der Waals surface area contributed by atoms with E-state index in [1.807, 2.05) is 4.90 Å². The van der Waals surface area contributed by atoms with Crippen LogP contribution in [0.4, 0.5) is 0 Å². The monoisotopic (exact) mass is 242 g/mol. The van der Waals surface area contributed by atoms with E-state index in [4.69, 9.17) is 5.73 Å². The molecule has 0 radical (unpaired) electrons. The molecule has 1 amide bonds. The fraction of sp³-hybridized carbons (Fsp3) is 0.929. The minimum Gasteiger partial charge on any atom is -0.340 e. The summed E-state index contributed by atoms with van der Waals surface area (Å²) in [6, 6.07) is 0.292. The third kappa shape index (κ3) is 6.67. The maximum atomic E-state index is 12.2. The van der Waals surface area contributed by atoms with Gasteiger partial charge in [0, 0.05) is 19.0 Å². The Hall–Kier alpha value is -0.570. The molecule has 0 rings (SSSR count). The standard InChI is InChI=1S/C14H30N2O/c1-6-7-16(12(4)5)14(17)9-13(10-15)8-11(2)3/h11-13H,6-10,15H2,1-5H3. The molecule has 0 aliphatic heterocycles. The van der Waals surface area contributed by atoms with Gasteiger partial charge in [0.05, 0.1) is 0 Å². The fourth-order valence-electron chi connectivity index (χ4n) is 2.21. The van der Waals surface area contributed by atoms with E-state index in [1.165, 1.54) is 0 Å². The minimum atomic E-state index is 0.262. The van der Waals surface area contributed by atoms with E-state index in [2.05, 4.69) is 34.6 Å². The van der Waals surface area contributed by atoms with E-state index >= 15 is 0 Å². The van der Waals surface area contributed by atoms with Crippen LogP contribution in [0.2, 0.25) is 0 Å². The van der Waals surface area contributed by atoms with Crippen LogP contribution in [0.25, 0.3) is 0 Å². The molecule has 0 saturated heterocycles. The molecular formula is C14H30N2O. The number of amides is 1. The van der Waals surface area contributed by atoms with Gasteiger partial charge in [-0.15, -0.1) is 0 Å². The summed E-state index contributed by atoms with van der Waals surface area (Å²) >= 11 is 0. The molecule has 3 nitrogen and oxygen atoms in total. The normalized spacial score (nSPS) is 13.2. The highest BCUT2D eigenvalue weighted by atomic mass is 16.2. The molecular weight excluding hydrogens is 212 g/mol. The highest BCUT2D eigenvalue weighted by Crippen LogP contribution is 2.16. The Balaban J connectivity index is 4.35. The topological polar surface area (TPSA) is 46.3 Å². The molecule has 0 fully saturated rings. The van der Waals surface area contributed by atoms with Crippen LogP contribution < -0.4 is 5.73 Å². The van der Waals surface area contributed by atoms with Gasteiger partial charge in [-0.05, 0) is 45.1 Å². The Labute approximate surface area is 107 Å². The van der Waals surface area contributed by atoms with Crippen molar-refractivity contribution in [1.82, 2.24) is 4.90 Å². The molecule has 0 aromatic heterocycles. The lowest BCUT2D eigenvalue weighted by atomic mass is 9.93. The van der Waals surface area contributed by atoms with Crippen LogP contribution in [0.5, 0.6) is 0 Å². The molecule has 0 aliphatic rings. The zero-order chi connectivity index (χ0) is 13.4. The van der Waals surface area contributed by atoms with E-state index in [-0.39, 0.29) is 5.91 Å². The first kappa shape index (κ1) is 16.4. The molecule has 1 atom stereocenters. The summed E-state index contributed by atoms with van der Waals surface area (Å²) in [6.07, 6.45) is 2.66. The molecule has 102 valence electrons. The minimum absolute atomic E-state index is 0.262. The number of carbonyl (C=O) groups excluding carboxylic acids is 1. The number of hydrogen-bond donors (Lipinski definition) is 1. The molecule has 17 heavy (non-hydrogen) atoms. The predicted octanol–water partition coefficient (Wildman–Crippen LogP) is 2.64. The molecule has 1 unspecified atom stereocenters. The third-order valence-electron chi connectivity index (χ3n) is 3.01. The second-order valence-corrected chi connectivity index (χ2v) is 5.62. The van der Waals surface area contributed by atoms with E-state index in [0.29, 0.717) is 30.8 Å². The Kier molecular flexibility index (Phi) is 8.23. The molecule has 0 aromatic rings. The van der Waals surface area contributed by atoms with E-state index in [1.54, 1.807) is 0 Å². The van der Waals surface area contributed by atoms with E-state index in [0.717, 1.165) is 19.4 Å². The van der Waals surface area contributed by atoms with Gasteiger partial charge in [-0.2, -0.15) is 0 Å². The molecule has 0 saturated carbocycles. The van der Waals surface area contributed by atoms with Gasteiger partial charge in [0.1, 0.15) is 0 Å². The van der Waals surface area contributed by atoms with Crippen molar-refractivity contribution in [2.75, 3.05) is 13.1 Å². The van der Waals surface area contributed by atoms with Gasteiger partial charge in [-0.25, -0.2) is 0 Å². The molecule has 2 N–H and O–H groups in total. The summed E-state index contributed by atoms with van der Waals surface area (Å²) in [6.45, 7) is 12.1. The average molecular weight is 242 g/mol. The first-order valence-corrected chi connectivity index (χ1v) is 6.91. The Morgan fingerprint density at radius 1 is 1.24 bits per heavy atom. The average Bonchev–Trinajstić information content (AvgIpc) is 2.23. The number of rotatable bonds is 8. The van der Waals surface area contributed by atoms with Crippen molar-refractivity contribution in [3.63, 3.8) is 0 Å². The Bertz CT molecular complexity index is 214. The Morgan fingerprint density at radius 2 is 1.82 bits per heavy atom. The number of nitrogens with two attached hydrogens (primary N) is 1. The highest BCUT2D eigenvalue weighted by molar-refractivity contribution is 5.76. The largest absolute Gasteiger partial charge is 0.340 e. The van der Waals surface area contributed by atoms with E-state index in [9.17, 15) is 4.79 Å². The van der Waals surface area contributed by atoms with Crippen LogP contribution >= 0.6 is 0 Å². The van der Waals surface area contributed by atoms with Gasteiger partial charge in [0.15, 0.2) is 0 Å². The van der Waals surface area contributed by atoms with Gasteiger partial charge in [0.2, 0.25) is 5.91 Å². The van der Waals surface area contributed by atoms with Crippen molar-refractivity contribution in [2.45, 2.75) is 59.9 Å². The molecule has 0 bridgehead atoms. The molecule has 0 spiro atoms. The molecule has 0 aliphatic carbocycles. The lowest BCUT2D eigenvalue weighted by Gasteiger charge is -2.28. The van der Waals surface area contributed by atoms with Crippen LogP contribution in [0.15, 0.2) is 0 Å². The summed E-state index contributed by atoms with van der Waals surface area (Å²) in [4.78, 5) is 14.2. The van der Waals surface area contributed by atoms with Crippen LogP contribution in [-0.4, -0.2) is 29.9 Å². The molecule has 0 heterocycles. The van der Waals surface area contributed by atoms with Crippen LogP contribution in [0.1, 0.15) is 53.9 Å². The summed E-state index contributed by atoms with van der Waals surface area (Å²) in [5.74, 6) is 1.20. The SMILES string of the molecule is CCCN(C(=O)CC(CN)CC(C)C)C(C)C. The van der Waals surface area contributed by atoms with Crippen LogP contribution in [-0.2, 0) is 4.79 Å².